The Bertz CT molecular complexity index is 769. The number of hydrogen-bond acceptors (Lipinski definition) is 3. The van der Waals surface area contributed by atoms with Gasteiger partial charge in [0.2, 0.25) is 0 Å². The maximum Gasteiger partial charge on any atom is 0.150 e. The molecule has 0 fully saturated rings. The molecule has 0 bridgehead atoms. The summed E-state index contributed by atoms with van der Waals surface area (Å²) in [4.78, 5) is 15.0. The lowest BCUT2D eigenvalue weighted by Gasteiger charge is -2.10. The van der Waals surface area contributed by atoms with Gasteiger partial charge in [-0.05, 0) is 36.4 Å². The number of nitrogens with zero attached hydrogens (tertiary/aromatic N) is 1. The molecule has 0 spiro atoms. The number of aldehydes is 1. The Morgan fingerprint density at radius 2 is 1.85 bits per heavy atom. The van der Waals surface area contributed by atoms with Crippen molar-refractivity contribution in [3.63, 3.8) is 0 Å². The van der Waals surface area contributed by atoms with Crippen LogP contribution < -0.4 is 10.8 Å². The number of aromatic nitrogens is 1. The molecule has 0 saturated heterocycles. The van der Waals surface area contributed by atoms with Gasteiger partial charge in [0, 0.05) is 28.5 Å². The van der Waals surface area contributed by atoms with Crippen molar-refractivity contribution in [3.05, 3.63) is 60.3 Å². The third-order valence-electron chi connectivity index (χ3n) is 3.09. The number of carbonyl (C=O) groups excluding carboxylic acids is 1. The second-order valence-corrected chi connectivity index (χ2v) is 4.50. The summed E-state index contributed by atoms with van der Waals surface area (Å²) in [7, 11) is 5.83. The van der Waals surface area contributed by atoms with Crippen LogP contribution in [0.25, 0.3) is 10.9 Å². The van der Waals surface area contributed by atoms with E-state index in [-0.39, 0.29) is 0 Å². The Morgan fingerprint density at radius 1 is 1.05 bits per heavy atom. The van der Waals surface area contributed by atoms with Gasteiger partial charge >= 0.3 is 0 Å². The van der Waals surface area contributed by atoms with Gasteiger partial charge in [0.15, 0.2) is 0 Å². The molecule has 3 aromatic rings. The van der Waals surface area contributed by atoms with Gasteiger partial charge in [-0.15, -0.1) is 0 Å². The SMILES string of the molecule is [B]c1ccc2nccc(Nc3ccc(C=O)cc3)c2c1. The Kier molecular flexibility index (Phi) is 3.21. The van der Waals surface area contributed by atoms with Crippen molar-refractivity contribution in [1.29, 1.82) is 0 Å². The summed E-state index contributed by atoms with van der Waals surface area (Å²) in [5, 5.41) is 4.28. The Balaban J connectivity index is 2.01. The van der Waals surface area contributed by atoms with Gasteiger partial charge in [-0.3, -0.25) is 9.78 Å². The molecule has 1 heterocycles. The number of anilines is 2. The molecule has 0 aliphatic carbocycles. The van der Waals surface area contributed by atoms with Crippen molar-refractivity contribution in [2.45, 2.75) is 0 Å². The van der Waals surface area contributed by atoms with Gasteiger partial charge in [0.1, 0.15) is 14.1 Å². The fraction of sp³-hybridized carbons (Fsp3) is 0. The highest BCUT2D eigenvalue weighted by Crippen LogP contribution is 2.24. The van der Waals surface area contributed by atoms with E-state index in [0.29, 0.717) is 11.0 Å². The topological polar surface area (TPSA) is 42.0 Å². The van der Waals surface area contributed by atoms with Gasteiger partial charge in [-0.1, -0.05) is 17.6 Å². The van der Waals surface area contributed by atoms with E-state index < -0.39 is 0 Å². The fourth-order valence-corrected chi connectivity index (χ4v) is 2.07. The van der Waals surface area contributed by atoms with Crippen molar-refractivity contribution < 1.29 is 4.79 Å². The van der Waals surface area contributed by atoms with Gasteiger partial charge < -0.3 is 5.32 Å². The molecule has 3 rings (SSSR count). The molecule has 0 saturated carbocycles. The van der Waals surface area contributed by atoms with Gasteiger partial charge in [0.05, 0.1) is 5.52 Å². The average Bonchev–Trinajstić information content (AvgIpc) is 2.49. The minimum Gasteiger partial charge on any atom is -0.355 e. The summed E-state index contributed by atoms with van der Waals surface area (Å²) in [5.74, 6) is 0. The number of fused-ring (bicyclic) bond motifs is 1. The molecule has 2 aromatic carbocycles. The fourth-order valence-electron chi connectivity index (χ4n) is 2.07. The molecule has 1 aromatic heterocycles. The summed E-state index contributed by atoms with van der Waals surface area (Å²) >= 11 is 0. The summed E-state index contributed by atoms with van der Waals surface area (Å²) in [6.45, 7) is 0. The zero-order valence-corrected chi connectivity index (χ0v) is 10.7. The molecule has 1 N–H and O–H groups in total. The number of hydrogen-bond donors (Lipinski definition) is 1. The highest BCUT2D eigenvalue weighted by Gasteiger charge is 2.02. The van der Waals surface area contributed by atoms with Gasteiger partial charge in [-0.2, -0.15) is 0 Å². The zero-order chi connectivity index (χ0) is 13.9. The maximum atomic E-state index is 10.6. The van der Waals surface area contributed by atoms with Crippen LogP contribution in [0.3, 0.4) is 0 Å². The summed E-state index contributed by atoms with van der Waals surface area (Å²) in [6, 6.07) is 14.8. The van der Waals surface area contributed by atoms with E-state index in [9.17, 15) is 4.79 Å². The minimum absolute atomic E-state index is 0.652. The van der Waals surface area contributed by atoms with Crippen LogP contribution in [0.1, 0.15) is 10.4 Å². The predicted molar refractivity (Wildman–Crippen MR) is 82.2 cm³/mol. The third kappa shape index (κ3) is 2.40. The van der Waals surface area contributed by atoms with Crippen LogP contribution in [0.2, 0.25) is 0 Å². The lowest BCUT2D eigenvalue weighted by molar-refractivity contribution is 0.112. The van der Waals surface area contributed by atoms with Crippen molar-refractivity contribution in [3.8, 4) is 0 Å². The van der Waals surface area contributed by atoms with E-state index in [1.807, 2.05) is 36.4 Å². The summed E-state index contributed by atoms with van der Waals surface area (Å²) in [6.07, 6.45) is 2.58. The molecular weight excluding hydrogens is 247 g/mol. The molecule has 0 atom stereocenters. The smallest absolute Gasteiger partial charge is 0.150 e. The first kappa shape index (κ1) is 12.4. The van der Waals surface area contributed by atoms with Crippen molar-refractivity contribution in [1.82, 2.24) is 4.98 Å². The largest absolute Gasteiger partial charge is 0.355 e. The minimum atomic E-state index is 0.652. The quantitative estimate of drug-likeness (QED) is 0.580. The van der Waals surface area contributed by atoms with E-state index in [1.165, 1.54) is 0 Å². The third-order valence-corrected chi connectivity index (χ3v) is 3.09. The zero-order valence-electron chi connectivity index (χ0n) is 10.7. The molecule has 2 radical (unpaired) electrons. The second-order valence-electron chi connectivity index (χ2n) is 4.50. The maximum absolute atomic E-state index is 10.6. The molecule has 0 aliphatic rings. The molecule has 94 valence electrons. The number of benzene rings is 2. The van der Waals surface area contributed by atoms with E-state index in [0.717, 1.165) is 28.6 Å². The van der Waals surface area contributed by atoms with Crippen LogP contribution in [0.4, 0.5) is 11.4 Å². The van der Waals surface area contributed by atoms with Crippen LogP contribution in [-0.4, -0.2) is 19.1 Å². The first-order valence-corrected chi connectivity index (χ1v) is 6.23. The first-order valence-electron chi connectivity index (χ1n) is 6.23. The standard InChI is InChI=1S/C16H11BN2O/c17-12-3-6-15-14(9-12)16(7-8-18-15)19-13-4-1-11(10-20)2-5-13/h1-10H,(H,18,19). The van der Waals surface area contributed by atoms with E-state index >= 15 is 0 Å². The van der Waals surface area contributed by atoms with Crippen molar-refractivity contribution in [2.24, 2.45) is 0 Å². The predicted octanol–water partition coefficient (Wildman–Crippen LogP) is 2.58. The monoisotopic (exact) mass is 258 g/mol. The van der Waals surface area contributed by atoms with Crippen LogP contribution >= 0.6 is 0 Å². The van der Waals surface area contributed by atoms with E-state index in [4.69, 9.17) is 7.85 Å². The Hall–Kier alpha value is -2.62. The second kappa shape index (κ2) is 5.17. The van der Waals surface area contributed by atoms with Crippen LogP contribution in [0.5, 0.6) is 0 Å². The molecule has 0 amide bonds. The molecular formula is C16H11BN2O. The summed E-state index contributed by atoms with van der Waals surface area (Å²) in [5.41, 5.74) is 4.07. The van der Waals surface area contributed by atoms with Crippen molar-refractivity contribution in [2.75, 3.05) is 5.32 Å². The average molecular weight is 258 g/mol. The van der Waals surface area contributed by atoms with Gasteiger partial charge in [-0.25, -0.2) is 0 Å². The van der Waals surface area contributed by atoms with Crippen LogP contribution in [0, 0.1) is 0 Å². The Labute approximate surface area is 118 Å². The first-order chi connectivity index (χ1) is 9.76. The number of rotatable bonds is 3. The molecule has 3 nitrogen and oxygen atoms in total. The molecule has 20 heavy (non-hydrogen) atoms. The van der Waals surface area contributed by atoms with Crippen LogP contribution in [-0.2, 0) is 0 Å². The van der Waals surface area contributed by atoms with Crippen LogP contribution in [0.15, 0.2) is 54.7 Å². The number of pyridine rings is 1. The number of carbonyl (C=O) groups is 1. The Morgan fingerprint density at radius 3 is 2.60 bits per heavy atom. The van der Waals surface area contributed by atoms with E-state index in [2.05, 4.69) is 10.3 Å². The lowest BCUT2D eigenvalue weighted by atomic mass is 9.94. The van der Waals surface area contributed by atoms with Gasteiger partial charge in [0.25, 0.3) is 0 Å². The van der Waals surface area contributed by atoms with E-state index in [1.54, 1.807) is 18.3 Å². The normalized spacial score (nSPS) is 10.4. The molecule has 0 aliphatic heterocycles. The number of nitrogens with one attached hydrogen (secondary N) is 1. The molecule has 4 heteroatoms. The highest BCUT2D eigenvalue weighted by molar-refractivity contribution is 6.33. The lowest BCUT2D eigenvalue weighted by Crippen LogP contribution is -2.02. The highest BCUT2D eigenvalue weighted by atomic mass is 16.1. The summed E-state index contributed by atoms with van der Waals surface area (Å²) < 4.78 is 0. The van der Waals surface area contributed by atoms with Crippen molar-refractivity contribution >= 4 is 41.9 Å². The molecule has 0 unspecified atom stereocenters.